The lowest BCUT2D eigenvalue weighted by Gasteiger charge is -2.14. The van der Waals surface area contributed by atoms with Crippen LogP contribution in [-0.2, 0) is 6.54 Å². The highest BCUT2D eigenvalue weighted by Gasteiger charge is 2.21. The number of urea groups is 1. The standard InChI is InChI=1S/C21H22N4O3/c1-14-12-19(15(2)25(14)13-18-4-3-11-28-18)20(26)23-16-5-7-17(8-6-16)24-10-9-22-21(24)27/h3-8,11-12H,9-10,13H2,1-2H3,(H,22,27)(H,23,26). The summed E-state index contributed by atoms with van der Waals surface area (Å²) in [6.45, 7) is 5.78. The van der Waals surface area contributed by atoms with E-state index in [-0.39, 0.29) is 11.9 Å². The molecule has 3 aromatic rings. The smallest absolute Gasteiger partial charge is 0.321 e. The Balaban J connectivity index is 1.48. The van der Waals surface area contributed by atoms with Crippen LogP contribution in [0.3, 0.4) is 0 Å². The first-order chi connectivity index (χ1) is 13.5. The Morgan fingerprint density at radius 1 is 1.21 bits per heavy atom. The van der Waals surface area contributed by atoms with Gasteiger partial charge >= 0.3 is 6.03 Å². The second-order valence-corrected chi connectivity index (χ2v) is 6.83. The van der Waals surface area contributed by atoms with Crippen molar-refractivity contribution in [1.82, 2.24) is 9.88 Å². The first-order valence-corrected chi connectivity index (χ1v) is 9.19. The van der Waals surface area contributed by atoms with Crippen molar-refractivity contribution in [2.45, 2.75) is 20.4 Å². The van der Waals surface area contributed by atoms with Crippen molar-refractivity contribution in [1.29, 1.82) is 0 Å². The molecule has 3 heterocycles. The molecule has 144 valence electrons. The molecule has 1 aromatic carbocycles. The average Bonchev–Trinajstić information content (AvgIpc) is 3.40. The number of rotatable bonds is 5. The fourth-order valence-electron chi connectivity index (χ4n) is 3.47. The van der Waals surface area contributed by atoms with E-state index in [0.29, 0.717) is 30.9 Å². The van der Waals surface area contributed by atoms with Crippen LogP contribution in [0.2, 0.25) is 0 Å². The molecule has 4 rings (SSSR count). The number of nitrogens with one attached hydrogen (secondary N) is 2. The van der Waals surface area contributed by atoms with Gasteiger partial charge in [-0.05, 0) is 56.3 Å². The summed E-state index contributed by atoms with van der Waals surface area (Å²) in [5, 5.41) is 5.71. The predicted molar refractivity (Wildman–Crippen MR) is 107 cm³/mol. The van der Waals surface area contributed by atoms with Crippen LogP contribution >= 0.6 is 0 Å². The summed E-state index contributed by atoms with van der Waals surface area (Å²) in [7, 11) is 0. The van der Waals surface area contributed by atoms with Crippen LogP contribution in [0.1, 0.15) is 27.5 Å². The van der Waals surface area contributed by atoms with Gasteiger partial charge in [0.2, 0.25) is 0 Å². The summed E-state index contributed by atoms with van der Waals surface area (Å²) in [5.41, 5.74) is 4.01. The molecule has 0 bridgehead atoms. The molecular formula is C21H22N4O3. The van der Waals surface area contributed by atoms with Crippen molar-refractivity contribution >= 4 is 23.3 Å². The number of amides is 3. The molecule has 0 saturated carbocycles. The summed E-state index contributed by atoms with van der Waals surface area (Å²) >= 11 is 0. The highest BCUT2D eigenvalue weighted by molar-refractivity contribution is 6.05. The highest BCUT2D eigenvalue weighted by Crippen LogP contribution is 2.22. The van der Waals surface area contributed by atoms with Gasteiger partial charge in [-0.15, -0.1) is 0 Å². The van der Waals surface area contributed by atoms with E-state index in [0.717, 1.165) is 22.8 Å². The molecule has 2 aromatic heterocycles. The minimum absolute atomic E-state index is 0.0965. The Hall–Kier alpha value is -3.48. The molecule has 0 radical (unpaired) electrons. The topological polar surface area (TPSA) is 79.5 Å². The first-order valence-electron chi connectivity index (χ1n) is 9.19. The van der Waals surface area contributed by atoms with Gasteiger partial charge in [0, 0.05) is 35.9 Å². The maximum Gasteiger partial charge on any atom is 0.321 e. The van der Waals surface area contributed by atoms with E-state index in [4.69, 9.17) is 4.42 Å². The highest BCUT2D eigenvalue weighted by atomic mass is 16.3. The molecule has 0 unspecified atom stereocenters. The lowest BCUT2D eigenvalue weighted by Crippen LogP contribution is -2.27. The van der Waals surface area contributed by atoms with Crippen molar-refractivity contribution in [3.8, 4) is 0 Å². The molecule has 2 N–H and O–H groups in total. The van der Waals surface area contributed by atoms with E-state index in [9.17, 15) is 9.59 Å². The largest absolute Gasteiger partial charge is 0.467 e. The molecule has 0 atom stereocenters. The number of furan rings is 1. The monoisotopic (exact) mass is 378 g/mol. The molecule has 1 aliphatic heterocycles. The maximum absolute atomic E-state index is 12.8. The van der Waals surface area contributed by atoms with Gasteiger partial charge in [-0.25, -0.2) is 4.79 Å². The molecule has 1 saturated heterocycles. The number of carbonyl (C=O) groups excluding carboxylic acids is 2. The van der Waals surface area contributed by atoms with Gasteiger partial charge in [0.15, 0.2) is 0 Å². The Morgan fingerprint density at radius 3 is 2.64 bits per heavy atom. The lowest BCUT2D eigenvalue weighted by molar-refractivity contribution is 0.102. The average molecular weight is 378 g/mol. The van der Waals surface area contributed by atoms with Gasteiger partial charge < -0.3 is 19.6 Å². The quantitative estimate of drug-likeness (QED) is 0.713. The van der Waals surface area contributed by atoms with Crippen molar-refractivity contribution in [3.63, 3.8) is 0 Å². The van der Waals surface area contributed by atoms with Crippen molar-refractivity contribution in [3.05, 3.63) is 71.4 Å². The number of anilines is 2. The van der Waals surface area contributed by atoms with Crippen LogP contribution in [0.5, 0.6) is 0 Å². The molecule has 1 aliphatic rings. The van der Waals surface area contributed by atoms with Crippen LogP contribution in [0.4, 0.5) is 16.2 Å². The Bertz CT molecular complexity index is 1000. The summed E-state index contributed by atoms with van der Waals surface area (Å²) in [6, 6.07) is 12.8. The lowest BCUT2D eigenvalue weighted by atomic mass is 10.2. The van der Waals surface area contributed by atoms with E-state index in [1.807, 2.05) is 44.2 Å². The Kier molecular flexibility index (Phi) is 4.65. The normalized spacial score (nSPS) is 13.6. The predicted octanol–water partition coefficient (Wildman–Crippen LogP) is 3.53. The fraction of sp³-hybridized carbons (Fsp3) is 0.238. The number of nitrogens with zero attached hydrogens (tertiary/aromatic N) is 2. The number of carbonyl (C=O) groups is 2. The van der Waals surface area contributed by atoms with Gasteiger partial charge in [-0.2, -0.15) is 0 Å². The van der Waals surface area contributed by atoms with Crippen LogP contribution in [-0.4, -0.2) is 29.6 Å². The van der Waals surface area contributed by atoms with Gasteiger partial charge in [0.1, 0.15) is 5.76 Å². The number of aromatic nitrogens is 1. The van der Waals surface area contributed by atoms with E-state index in [2.05, 4.69) is 15.2 Å². The molecule has 7 nitrogen and oxygen atoms in total. The molecule has 3 amide bonds. The minimum atomic E-state index is -0.162. The zero-order valence-corrected chi connectivity index (χ0v) is 15.9. The van der Waals surface area contributed by atoms with E-state index in [1.54, 1.807) is 23.3 Å². The second kappa shape index (κ2) is 7.26. The molecule has 0 aliphatic carbocycles. The van der Waals surface area contributed by atoms with E-state index in [1.165, 1.54) is 0 Å². The number of hydrogen-bond acceptors (Lipinski definition) is 3. The van der Waals surface area contributed by atoms with Crippen LogP contribution in [0, 0.1) is 13.8 Å². The third-order valence-electron chi connectivity index (χ3n) is 5.01. The van der Waals surface area contributed by atoms with Gasteiger partial charge in [0.05, 0.1) is 18.4 Å². The molecule has 28 heavy (non-hydrogen) atoms. The van der Waals surface area contributed by atoms with Crippen LogP contribution in [0.25, 0.3) is 0 Å². The van der Waals surface area contributed by atoms with Crippen molar-refractivity contribution in [2.24, 2.45) is 0 Å². The molecular weight excluding hydrogens is 356 g/mol. The number of hydrogen-bond donors (Lipinski definition) is 2. The van der Waals surface area contributed by atoms with Gasteiger partial charge in [-0.1, -0.05) is 0 Å². The van der Waals surface area contributed by atoms with Crippen molar-refractivity contribution in [2.75, 3.05) is 23.3 Å². The van der Waals surface area contributed by atoms with Gasteiger partial charge in [0.25, 0.3) is 5.91 Å². The summed E-state index contributed by atoms with van der Waals surface area (Å²) in [4.78, 5) is 26.2. The third kappa shape index (κ3) is 3.38. The summed E-state index contributed by atoms with van der Waals surface area (Å²) < 4.78 is 7.48. The fourth-order valence-corrected chi connectivity index (χ4v) is 3.47. The Morgan fingerprint density at radius 2 is 2.00 bits per heavy atom. The summed E-state index contributed by atoms with van der Waals surface area (Å²) in [6.07, 6.45) is 1.65. The molecule has 7 heteroatoms. The minimum Gasteiger partial charge on any atom is -0.467 e. The zero-order chi connectivity index (χ0) is 19.7. The van der Waals surface area contributed by atoms with E-state index < -0.39 is 0 Å². The third-order valence-corrected chi connectivity index (χ3v) is 5.01. The Labute approximate surface area is 162 Å². The van der Waals surface area contributed by atoms with Crippen LogP contribution in [0.15, 0.2) is 53.1 Å². The maximum atomic E-state index is 12.8. The van der Waals surface area contributed by atoms with Crippen molar-refractivity contribution < 1.29 is 14.0 Å². The number of aryl methyl sites for hydroxylation is 1. The number of benzene rings is 1. The summed E-state index contributed by atoms with van der Waals surface area (Å²) in [5.74, 6) is 0.681. The van der Waals surface area contributed by atoms with E-state index >= 15 is 0 Å². The van der Waals surface area contributed by atoms with Gasteiger partial charge in [-0.3, -0.25) is 9.69 Å². The van der Waals surface area contributed by atoms with Crippen LogP contribution < -0.4 is 15.5 Å². The SMILES string of the molecule is Cc1cc(C(=O)Nc2ccc(N3CCNC3=O)cc2)c(C)n1Cc1ccco1. The molecule has 1 fully saturated rings. The zero-order valence-electron chi connectivity index (χ0n) is 15.9. The first kappa shape index (κ1) is 17.9. The molecule has 0 spiro atoms. The second-order valence-electron chi connectivity index (χ2n) is 6.83.